The summed E-state index contributed by atoms with van der Waals surface area (Å²) in [5, 5.41) is 3.81. The normalized spacial score (nSPS) is 13.7. The van der Waals surface area contributed by atoms with Crippen molar-refractivity contribution in [1.29, 1.82) is 0 Å². The van der Waals surface area contributed by atoms with Gasteiger partial charge in [-0.05, 0) is 57.5 Å². The van der Waals surface area contributed by atoms with Crippen LogP contribution in [-0.4, -0.2) is 38.4 Å². The maximum absolute atomic E-state index is 13.0. The van der Waals surface area contributed by atoms with E-state index in [9.17, 15) is 14.4 Å². The minimum absolute atomic E-state index is 0.172. The summed E-state index contributed by atoms with van der Waals surface area (Å²) in [4.78, 5) is 37.9. The summed E-state index contributed by atoms with van der Waals surface area (Å²) in [5.41, 5.74) is 2.48. The lowest BCUT2D eigenvalue weighted by molar-refractivity contribution is -0.139. The fourth-order valence-corrected chi connectivity index (χ4v) is 4.58. The molecule has 2 heterocycles. The zero-order valence-electron chi connectivity index (χ0n) is 22.4. The highest BCUT2D eigenvalue weighted by molar-refractivity contribution is 6.00. The molecule has 0 saturated heterocycles. The number of rotatable bonds is 10. The molecule has 0 fully saturated rings. The van der Waals surface area contributed by atoms with Crippen LogP contribution in [0.15, 0.2) is 86.3 Å². The van der Waals surface area contributed by atoms with Crippen LogP contribution >= 0.6 is 0 Å². The number of ether oxygens (including phenoxy) is 4. The monoisotopic (exact) mass is 533 g/mol. The second kappa shape index (κ2) is 12.3. The van der Waals surface area contributed by atoms with Gasteiger partial charge in [-0.3, -0.25) is 0 Å². The lowest BCUT2D eigenvalue weighted by Crippen LogP contribution is -2.32. The molecule has 3 aromatic rings. The van der Waals surface area contributed by atoms with Gasteiger partial charge in [-0.2, -0.15) is 0 Å². The van der Waals surface area contributed by atoms with Crippen molar-refractivity contribution >= 4 is 22.9 Å². The van der Waals surface area contributed by atoms with Crippen LogP contribution in [-0.2, 0) is 19.1 Å². The lowest BCUT2D eigenvalue weighted by Gasteiger charge is -2.30. The molecule has 2 aromatic carbocycles. The molecule has 1 aromatic heterocycles. The molecule has 0 spiro atoms. The van der Waals surface area contributed by atoms with E-state index in [4.69, 9.17) is 23.4 Å². The largest absolute Gasteiger partial charge is 0.490 e. The van der Waals surface area contributed by atoms with E-state index in [0.29, 0.717) is 50.6 Å². The van der Waals surface area contributed by atoms with Crippen molar-refractivity contribution in [3.63, 3.8) is 0 Å². The van der Waals surface area contributed by atoms with E-state index in [-0.39, 0.29) is 26.4 Å². The molecule has 0 bridgehead atoms. The van der Waals surface area contributed by atoms with Crippen LogP contribution in [0.4, 0.5) is 0 Å². The number of esters is 2. The Morgan fingerprint density at radius 3 is 2.15 bits per heavy atom. The van der Waals surface area contributed by atoms with Gasteiger partial charge in [0.2, 0.25) is 0 Å². The van der Waals surface area contributed by atoms with Crippen molar-refractivity contribution in [3.05, 3.63) is 93.1 Å². The van der Waals surface area contributed by atoms with E-state index in [1.807, 2.05) is 18.2 Å². The Morgan fingerprint density at radius 2 is 1.49 bits per heavy atom. The summed E-state index contributed by atoms with van der Waals surface area (Å²) >= 11 is 0. The van der Waals surface area contributed by atoms with Crippen LogP contribution in [0, 0.1) is 0 Å². The molecule has 9 heteroatoms. The number of carbonyl (C=O) groups excluding carboxylic acids is 2. The number of carbonyl (C=O) groups is 2. The number of fused-ring (bicyclic) bond motifs is 1. The molecule has 1 aliphatic heterocycles. The van der Waals surface area contributed by atoms with E-state index < -0.39 is 23.5 Å². The summed E-state index contributed by atoms with van der Waals surface area (Å²) < 4.78 is 27.6. The SMILES string of the molecule is CCOC(=O)C1=C(C)NC(C)=C(C(=O)OCC)C1c1cccc(OCCOc2cc(=O)oc3ccccc23)c1. The zero-order valence-corrected chi connectivity index (χ0v) is 22.4. The van der Waals surface area contributed by atoms with E-state index in [1.165, 1.54) is 6.07 Å². The third-order valence-corrected chi connectivity index (χ3v) is 6.16. The maximum atomic E-state index is 13.0. The molecule has 0 aliphatic carbocycles. The molecule has 204 valence electrons. The third kappa shape index (κ3) is 6.14. The standard InChI is InChI=1S/C30H31NO8/c1-5-35-29(33)26-18(3)31-19(4)27(30(34)36-6-2)28(26)20-10-9-11-21(16-20)37-14-15-38-24-17-25(32)39-23-13-8-7-12-22(23)24/h7-13,16-17,28,31H,5-6,14-15H2,1-4H3. The second-order valence-electron chi connectivity index (χ2n) is 8.77. The number of benzene rings is 2. The molecule has 4 rings (SSSR count). The van der Waals surface area contributed by atoms with Gasteiger partial charge in [-0.1, -0.05) is 24.3 Å². The molecular formula is C30H31NO8. The highest BCUT2D eigenvalue weighted by Gasteiger charge is 2.38. The topological polar surface area (TPSA) is 113 Å². The molecule has 9 nitrogen and oxygen atoms in total. The van der Waals surface area contributed by atoms with Crippen LogP contribution in [0.2, 0.25) is 0 Å². The van der Waals surface area contributed by atoms with Crippen molar-refractivity contribution in [1.82, 2.24) is 5.32 Å². The van der Waals surface area contributed by atoms with Gasteiger partial charge in [-0.25, -0.2) is 14.4 Å². The number of allylic oxidation sites excluding steroid dienone is 2. The number of hydrogen-bond donors (Lipinski definition) is 1. The minimum Gasteiger partial charge on any atom is -0.490 e. The Labute approximate surface area is 226 Å². The summed E-state index contributed by atoms with van der Waals surface area (Å²) in [7, 11) is 0. The molecule has 39 heavy (non-hydrogen) atoms. The zero-order chi connectivity index (χ0) is 27.9. The summed E-state index contributed by atoms with van der Waals surface area (Å²) in [6.45, 7) is 7.76. The fraction of sp³-hybridized carbons (Fsp3) is 0.300. The molecule has 0 amide bonds. The van der Waals surface area contributed by atoms with Gasteiger partial charge < -0.3 is 28.7 Å². The van der Waals surface area contributed by atoms with Crippen molar-refractivity contribution in [2.24, 2.45) is 0 Å². The Morgan fingerprint density at radius 1 is 0.846 bits per heavy atom. The van der Waals surface area contributed by atoms with Crippen molar-refractivity contribution in [3.8, 4) is 11.5 Å². The van der Waals surface area contributed by atoms with Gasteiger partial charge in [-0.15, -0.1) is 0 Å². The molecule has 0 saturated carbocycles. The first-order chi connectivity index (χ1) is 18.8. The van der Waals surface area contributed by atoms with Crippen LogP contribution in [0.3, 0.4) is 0 Å². The quantitative estimate of drug-likeness (QED) is 0.227. The van der Waals surface area contributed by atoms with E-state index in [1.54, 1.807) is 58.0 Å². The predicted octanol–water partition coefficient (Wildman–Crippen LogP) is 4.61. The Balaban J connectivity index is 1.56. The van der Waals surface area contributed by atoms with Crippen molar-refractivity contribution < 1.29 is 33.0 Å². The van der Waals surface area contributed by atoms with Crippen molar-refractivity contribution in [2.45, 2.75) is 33.6 Å². The third-order valence-electron chi connectivity index (χ3n) is 6.16. The number of nitrogens with one attached hydrogen (secondary N) is 1. The molecule has 1 aliphatic rings. The van der Waals surface area contributed by atoms with Crippen LogP contribution in [0.1, 0.15) is 39.2 Å². The molecular weight excluding hydrogens is 502 g/mol. The number of hydrogen-bond acceptors (Lipinski definition) is 9. The first-order valence-corrected chi connectivity index (χ1v) is 12.7. The summed E-state index contributed by atoms with van der Waals surface area (Å²) in [6.07, 6.45) is 0. The minimum atomic E-state index is -0.709. The second-order valence-corrected chi connectivity index (χ2v) is 8.77. The van der Waals surface area contributed by atoms with E-state index >= 15 is 0 Å². The lowest BCUT2D eigenvalue weighted by atomic mass is 9.80. The maximum Gasteiger partial charge on any atom is 0.339 e. The van der Waals surface area contributed by atoms with Gasteiger partial charge in [0.05, 0.1) is 41.7 Å². The van der Waals surface area contributed by atoms with Gasteiger partial charge in [0, 0.05) is 11.4 Å². The Bertz CT molecular complexity index is 1460. The van der Waals surface area contributed by atoms with Crippen LogP contribution in [0.25, 0.3) is 11.0 Å². The first-order valence-electron chi connectivity index (χ1n) is 12.7. The van der Waals surface area contributed by atoms with Gasteiger partial charge in [0.25, 0.3) is 0 Å². The van der Waals surface area contributed by atoms with Gasteiger partial charge in [0.1, 0.15) is 30.3 Å². The van der Waals surface area contributed by atoms with Crippen molar-refractivity contribution in [2.75, 3.05) is 26.4 Å². The highest BCUT2D eigenvalue weighted by Crippen LogP contribution is 2.40. The number of para-hydroxylation sites is 1. The van der Waals surface area contributed by atoms with Gasteiger partial charge >= 0.3 is 17.6 Å². The average molecular weight is 534 g/mol. The predicted molar refractivity (Wildman–Crippen MR) is 144 cm³/mol. The fourth-order valence-electron chi connectivity index (χ4n) is 4.58. The first kappa shape index (κ1) is 27.5. The molecule has 0 unspecified atom stereocenters. The summed E-state index contributed by atoms with van der Waals surface area (Å²) in [6, 6.07) is 15.6. The number of dihydropyridines is 1. The Kier molecular flexibility index (Phi) is 8.70. The van der Waals surface area contributed by atoms with Crippen LogP contribution < -0.4 is 20.4 Å². The highest BCUT2D eigenvalue weighted by atomic mass is 16.5. The van der Waals surface area contributed by atoms with E-state index in [0.717, 1.165) is 0 Å². The van der Waals surface area contributed by atoms with Gasteiger partial charge in [0.15, 0.2) is 0 Å². The molecule has 0 atom stereocenters. The Hall–Kier alpha value is -4.53. The molecule has 1 N–H and O–H groups in total. The van der Waals surface area contributed by atoms with E-state index in [2.05, 4.69) is 5.32 Å². The average Bonchev–Trinajstić information content (AvgIpc) is 2.90. The summed E-state index contributed by atoms with van der Waals surface area (Å²) in [5.74, 6) is -0.802. The molecule has 0 radical (unpaired) electrons. The van der Waals surface area contributed by atoms with Crippen LogP contribution in [0.5, 0.6) is 11.5 Å². The smallest absolute Gasteiger partial charge is 0.339 e.